The molecule has 0 saturated heterocycles. The minimum atomic E-state index is -3.50. The van der Waals surface area contributed by atoms with Crippen LogP contribution in [-0.2, 0) is 29.6 Å². The standard InChI is InChI=1S/C12H17O5P/c1-15-12(13)11(18(14,16-2)17-3)9-10-7-5-4-6-8-10/h4-8,11H,9H2,1-3H3/t11-/m1/s1. The van der Waals surface area contributed by atoms with Gasteiger partial charge in [0.15, 0.2) is 5.66 Å². The van der Waals surface area contributed by atoms with Crippen molar-refractivity contribution in [1.29, 1.82) is 0 Å². The topological polar surface area (TPSA) is 61.8 Å². The van der Waals surface area contributed by atoms with Gasteiger partial charge in [0.2, 0.25) is 0 Å². The Labute approximate surface area is 107 Å². The van der Waals surface area contributed by atoms with Gasteiger partial charge in [-0.05, 0) is 12.0 Å². The maximum atomic E-state index is 12.3. The average molecular weight is 272 g/mol. The lowest BCUT2D eigenvalue weighted by Gasteiger charge is -2.22. The maximum absolute atomic E-state index is 12.3. The summed E-state index contributed by atoms with van der Waals surface area (Å²) in [6.07, 6.45) is 0.243. The van der Waals surface area contributed by atoms with E-state index in [-0.39, 0.29) is 6.42 Å². The fourth-order valence-corrected chi connectivity index (χ4v) is 3.08. The molecule has 1 rings (SSSR count). The van der Waals surface area contributed by atoms with Crippen LogP contribution in [0.15, 0.2) is 30.3 Å². The molecule has 0 fully saturated rings. The predicted molar refractivity (Wildman–Crippen MR) is 67.6 cm³/mol. The molecule has 1 aromatic carbocycles. The second-order valence-electron chi connectivity index (χ2n) is 3.63. The first-order chi connectivity index (χ1) is 8.57. The Morgan fingerprint density at radius 3 is 2.17 bits per heavy atom. The third-order valence-electron chi connectivity index (χ3n) is 2.64. The van der Waals surface area contributed by atoms with Crippen molar-refractivity contribution in [3.63, 3.8) is 0 Å². The molecule has 0 aliphatic heterocycles. The SMILES string of the molecule is COC(=O)[C@@H](Cc1ccccc1)P(=O)(OC)OC. The molecule has 0 bridgehead atoms. The molecule has 0 amide bonds. The summed E-state index contributed by atoms with van der Waals surface area (Å²) in [4.78, 5) is 11.7. The van der Waals surface area contributed by atoms with Crippen molar-refractivity contribution in [3.05, 3.63) is 35.9 Å². The lowest BCUT2D eigenvalue weighted by molar-refractivity contribution is -0.140. The first-order valence-electron chi connectivity index (χ1n) is 5.40. The van der Waals surface area contributed by atoms with E-state index < -0.39 is 19.2 Å². The van der Waals surface area contributed by atoms with Crippen molar-refractivity contribution in [2.24, 2.45) is 0 Å². The summed E-state index contributed by atoms with van der Waals surface area (Å²) in [5, 5.41) is 0. The van der Waals surface area contributed by atoms with Crippen LogP contribution in [0.1, 0.15) is 5.56 Å². The van der Waals surface area contributed by atoms with E-state index in [0.29, 0.717) is 0 Å². The lowest BCUT2D eigenvalue weighted by atomic mass is 10.1. The highest BCUT2D eigenvalue weighted by atomic mass is 31.2. The molecule has 0 aliphatic rings. The predicted octanol–water partition coefficient (Wildman–Crippen LogP) is 2.26. The second kappa shape index (κ2) is 6.69. The van der Waals surface area contributed by atoms with Gasteiger partial charge in [-0.15, -0.1) is 0 Å². The molecule has 5 nitrogen and oxygen atoms in total. The molecule has 18 heavy (non-hydrogen) atoms. The second-order valence-corrected chi connectivity index (χ2v) is 6.07. The zero-order valence-electron chi connectivity index (χ0n) is 10.7. The van der Waals surface area contributed by atoms with E-state index in [1.54, 1.807) is 0 Å². The molecule has 100 valence electrons. The van der Waals surface area contributed by atoms with Gasteiger partial charge < -0.3 is 13.8 Å². The summed E-state index contributed by atoms with van der Waals surface area (Å²) < 4.78 is 26.7. The summed E-state index contributed by atoms with van der Waals surface area (Å²) in [5.41, 5.74) is -0.0953. The van der Waals surface area contributed by atoms with Crippen LogP contribution in [0.25, 0.3) is 0 Å². The fraction of sp³-hybridized carbons (Fsp3) is 0.417. The van der Waals surface area contributed by atoms with Crippen LogP contribution in [0.5, 0.6) is 0 Å². The normalized spacial score (nSPS) is 13.1. The molecule has 0 saturated carbocycles. The van der Waals surface area contributed by atoms with Gasteiger partial charge >= 0.3 is 13.6 Å². The molecular weight excluding hydrogens is 255 g/mol. The van der Waals surface area contributed by atoms with Crippen LogP contribution in [0, 0.1) is 0 Å². The molecule has 0 N–H and O–H groups in total. The van der Waals surface area contributed by atoms with Crippen LogP contribution < -0.4 is 0 Å². The quantitative estimate of drug-likeness (QED) is 0.587. The molecule has 0 unspecified atom stereocenters. The number of rotatable bonds is 6. The Bertz CT molecular complexity index is 423. The number of hydrogen-bond acceptors (Lipinski definition) is 5. The van der Waals surface area contributed by atoms with Crippen molar-refractivity contribution in [3.8, 4) is 0 Å². The minimum Gasteiger partial charge on any atom is -0.468 e. The number of ether oxygens (including phenoxy) is 1. The summed E-state index contributed by atoms with van der Waals surface area (Å²) >= 11 is 0. The largest absolute Gasteiger partial charge is 0.468 e. The van der Waals surface area contributed by atoms with Crippen molar-refractivity contribution in [2.45, 2.75) is 12.1 Å². The molecule has 6 heteroatoms. The number of hydrogen-bond donors (Lipinski definition) is 0. The van der Waals surface area contributed by atoms with E-state index >= 15 is 0 Å². The van der Waals surface area contributed by atoms with E-state index in [9.17, 15) is 9.36 Å². The van der Waals surface area contributed by atoms with Crippen LogP contribution in [-0.4, -0.2) is 33.0 Å². The van der Waals surface area contributed by atoms with Crippen LogP contribution in [0.4, 0.5) is 0 Å². The van der Waals surface area contributed by atoms with Gasteiger partial charge in [0.25, 0.3) is 0 Å². The van der Waals surface area contributed by atoms with Crippen molar-refractivity contribution in [1.82, 2.24) is 0 Å². The van der Waals surface area contributed by atoms with Gasteiger partial charge in [0, 0.05) is 14.2 Å². The highest BCUT2D eigenvalue weighted by Crippen LogP contribution is 2.53. The summed E-state index contributed by atoms with van der Waals surface area (Å²) in [7, 11) is 0.252. The zero-order chi connectivity index (χ0) is 13.6. The number of carbonyl (C=O) groups is 1. The summed E-state index contributed by atoms with van der Waals surface area (Å²) in [5.74, 6) is -0.606. The smallest absolute Gasteiger partial charge is 0.344 e. The van der Waals surface area contributed by atoms with Crippen molar-refractivity contribution < 1.29 is 23.1 Å². The van der Waals surface area contributed by atoms with Crippen LogP contribution >= 0.6 is 7.60 Å². The zero-order valence-corrected chi connectivity index (χ0v) is 11.6. The Hall–Kier alpha value is -1.16. The van der Waals surface area contributed by atoms with Gasteiger partial charge in [-0.2, -0.15) is 0 Å². The van der Waals surface area contributed by atoms with Crippen molar-refractivity contribution >= 4 is 13.6 Å². The molecule has 0 aliphatic carbocycles. The minimum absolute atomic E-state index is 0.243. The van der Waals surface area contributed by atoms with E-state index in [4.69, 9.17) is 9.05 Å². The third-order valence-corrected chi connectivity index (χ3v) is 4.81. The van der Waals surface area contributed by atoms with E-state index in [2.05, 4.69) is 4.74 Å². The van der Waals surface area contributed by atoms with Crippen LogP contribution in [0.3, 0.4) is 0 Å². The molecule has 0 heterocycles. The highest BCUT2D eigenvalue weighted by Gasteiger charge is 2.40. The first-order valence-corrected chi connectivity index (χ1v) is 7.01. The van der Waals surface area contributed by atoms with Crippen LogP contribution in [0.2, 0.25) is 0 Å². The first kappa shape index (κ1) is 14.9. The monoisotopic (exact) mass is 272 g/mol. The Morgan fingerprint density at radius 2 is 1.72 bits per heavy atom. The fourth-order valence-electron chi connectivity index (χ4n) is 1.63. The Balaban J connectivity index is 3.00. The Morgan fingerprint density at radius 1 is 1.17 bits per heavy atom. The molecule has 0 spiro atoms. The van der Waals surface area contributed by atoms with Gasteiger partial charge in [-0.3, -0.25) is 9.36 Å². The summed E-state index contributed by atoms with van der Waals surface area (Å²) in [6.45, 7) is 0. The number of esters is 1. The number of benzene rings is 1. The molecule has 0 radical (unpaired) electrons. The molecule has 1 atom stereocenters. The summed E-state index contributed by atoms with van der Waals surface area (Å²) in [6, 6.07) is 9.22. The van der Waals surface area contributed by atoms with Gasteiger partial charge in [0.1, 0.15) is 0 Å². The maximum Gasteiger partial charge on any atom is 0.344 e. The van der Waals surface area contributed by atoms with Gasteiger partial charge in [-0.1, -0.05) is 30.3 Å². The van der Waals surface area contributed by atoms with E-state index in [0.717, 1.165) is 5.56 Å². The highest BCUT2D eigenvalue weighted by molar-refractivity contribution is 7.55. The lowest BCUT2D eigenvalue weighted by Crippen LogP contribution is -2.26. The Kier molecular flexibility index (Phi) is 5.54. The molecular formula is C12H17O5P. The number of carbonyl (C=O) groups excluding carboxylic acids is 1. The van der Waals surface area contributed by atoms with Gasteiger partial charge in [-0.25, -0.2) is 0 Å². The molecule has 0 aromatic heterocycles. The van der Waals surface area contributed by atoms with E-state index in [1.165, 1.54) is 21.3 Å². The molecule has 1 aromatic rings. The number of methoxy groups -OCH3 is 1. The van der Waals surface area contributed by atoms with Gasteiger partial charge in [0.05, 0.1) is 7.11 Å². The van der Waals surface area contributed by atoms with Crippen molar-refractivity contribution in [2.75, 3.05) is 21.3 Å². The average Bonchev–Trinajstić information content (AvgIpc) is 2.44. The third kappa shape index (κ3) is 3.42. The van der Waals surface area contributed by atoms with E-state index in [1.807, 2.05) is 30.3 Å².